The second kappa shape index (κ2) is 6.38. The summed E-state index contributed by atoms with van der Waals surface area (Å²) in [6.45, 7) is 1.16. The van der Waals surface area contributed by atoms with Crippen LogP contribution in [0, 0.1) is 0 Å². The van der Waals surface area contributed by atoms with Crippen LogP contribution < -0.4 is 4.74 Å². The van der Waals surface area contributed by atoms with Gasteiger partial charge in [-0.3, -0.25) is 4.79 Å². The van der Waals surface area contributed by atoms with Crippen LogP contribution in [0.15, 0.2) is 24.3 Å². The molecule has 1 saturated heterocycles. The summed E-state index contributed by atoms with van der Waals surface area (Å²) in [7, 11) is 0. The van der Waals surface area contributed by atoms with Crippen molar-refractivity contribution in [2.45, 2.75) is 44.1 Å². The van der Waals surface area contributed by atoms with Crippen molar-refractivity contribution in [1.82, 2.24) is 4.90 Å². The molecule has 5 nitrogen and oxygen atoms in total. The van der Waals surface area contributed by atoms with E-state index in [9.17, 15) is 14.7 Å². The topological polar surface area (TPSA) is 66.8 Å². The maximum absolute atomic E-state index is 12.6. The highest BCUT2D eigenvalue weighted by Crippen LogP contribution is 2.36. The van der Waals surface area contributed by atoms with Gasteiger partial charge in [0.05, 0.1) is 6.61 Å². The van der Waals surface area contributed by atoms with Gasteiger partial charge in [0.2, 0.25) is 5.91 Å². The number of carboxylic acids is 1. The third-order valence-electron chi connectivity index (χ3n) is 4.61. The number of benzene rings is 1. The average molecular weight is 303 g/mol. The molecule has 2 heterocycles. The molecule has 0 aromatic heterocycles. The van der Waals surface area contributed by atoms with E-state index in [1.807, 2.05) is 24.3 Å². The molecule has 1 amide bonds. The molecule has 1 aromatic carbocycles. The predicted molar refractivity (Wildman–Crippen MR) is 80.9 cm³/mol. The number of piperidine rings is 1. The molecule has 0 aliphatic carbocycles. The van der Waals surface area contributed by atoms with E-state index in [2.05, 4.69) is 0 Å². The fourth-order valence-corrected chi connectivity index (χ4v) is 3.44. The molecule has 0 saturated carbocycles. The van der Waals surface area contributed by atoms with Crippen LogP contribution in [0.5, 0.6) is 5.75 Å². The first-order chi connectivity index (χ1) is 10.7. The zero-order valence-electron chi connectivity index (χ0n) is 12.5. The number of rotatable bonds is 3. The van der Waals surface area contributed by atoms with Crippen molar-refractivity contribution in [3.05, 3.63) is 29.8 Å². The van der Waals surface area contributed by atoms with Crippen LogP contribution in [0.1, 0.15) is 43.6 Å². The van der Waals surface area contributed by atoms with Crippen molar-refractivity contribution >= 4 is 11.9 Å². The molecule has 0 radical (unpaired) electrons. The molecule has 22 heavy (non-hydrogen) atoms. The number of hydrogen-bond donors (Lipinski definition) is 1. The van der Waals surface area contributed by atoms with Crippen LogP contribution in [0.2, 0.25) is 0 Å². The summed E-state index contributed by atoms with van der Waals surface area (Å²) in [4.78, 5) is 25.5. The molecule has 0 unspecified atom stereocenters. The Balaban J connectivity index is 1.73. The summed E-state index contributed by atoms with van der Waals surface area (Å²) in [5, 5.41) is 9.31. The van der Waals surface area contributed by atoms with Crippen LogP contribution >= 0.6 is 0 Å². The third-order valence-corrected chi connectivity index (χ3v) is 4.61. The minimum Gasteiger partial charge on any atom is -0.493 e. The van der Waals surface area contributed by atoms with E-state index in [4.69, 9.17) is 4.74 Å². The number of ether oxygens (including phenoxy) is 1. The van der Waals surface area contributed by atoms with Gasteiger partial charge in [0, 0.05) is 13.0 Å². The van der Waals surface area contributed by atoms with Gasteiger partial charge in [-0.05, 0) is 43.2 Å². The first kappa shape index (κ1) is 14.9. The van der Waals surface area contributed by atoms with Crippen LogP contribution in [0.25, 0.3) is 0 Å². The summed E-state index contributed by atoms with van der Waals surface area (Å²) < 4.78 is 5.62. The Labute approximate surface area is 129 Å². The fraction of sp³-hybridized carbons (Fsp3) is 0.529. The lowest BCUT2D eigenvalue weighted by Gasteiger charge is -2.34. The molecular weight excluding hydrogens is 282 g/mol. The molecule has 118 valence electrons. The van der Waals surface area contributed by atoms with Crippen molar-refractivity contribution in [1.29, 1.82) is 0 Å². The molecule has 1 fully saturated rings. The lowest BCUT2D eigenvalue weighted by atomic mass is 9.89. The standard InChI is InChI=1S/C17H21NO4/c19-16(18-9-4-3-6-14(18)17(20)21)11-12-8-10-22-15-7-2-1-5-13(12)15/h1-2,5,7,12,14H,3-4,6,8-11H2,(H,20,21)/t12-,14+/m0/s1. The number of nitrogens with zero attached hydrogens (tertiary/aromatic N) is 1. The minimum atomic E-state index is -0.888. The van der Waals surface area contributed by atoms with Gasteiger partial charge in [-0.15, -0.1) is 0 Å². The van der Waals surface area contributed by atoms with Crippen LogP contribution in [0.4, 0.5) is 0 Å². The third kappa shape index (κ3) is 2.93. The summed E-state index contributed by atoms with van der Waals surface area (Å²) in [5.41, 5.74) is 1.06. The number of aliphatic carboxylic acids is 1. The SMILES string of the molecule is O=C(O)[C@H]1CCCCN1C(=O)C[C@@H]1CCOc2ccccc21. The lowest BCUT2D eigenvalue weighted by molar-refractivity contribution is -0.152. The van der Waals surface area contributed by atoms with Gasteiger partial charge in [0.25, 0.3) is 0 Å². The van der Waals surface area contributed by atoms with E-state index < -0.39 is 12.0 Å². The number of fused-ring (bicyclic) bond motifs is 1. The van der Waals surface area contributed by atoms with Crippen LogP contribution in [0.3, 0.4) is 0 Å². The Morgan fingerprint density at radius 3 is 2.86 bits per heavy atom. The number of likely N-dealkylation sites (tertiary alicyclic amines) is 1. The molecule has 3 rings (SSSR count). The number of carboxylic acid groups (broad SMARTS) is 1. The fourth-order valence-electron chi connectivity index (χ4n) is 3.44. The van der Waals surface area contributed by atoms with Gasteiger partial charge in [0.15, 0.2) is 0 Å². The summed E-state index contributed by atoms with van der Waals surface area (Å²) in [6.07, 6.45) is 3.49. The monoisotopic (exact) mass is 303 g/mol. The van der Waals surface area contributed by atoms with E-state index in [0.717, 1.165) is 30.6 Å². The number of hydrogen-bond acceptors (Lipinski definition) is 3. The molecule has 1 aromatic rings. The summed E-state index contributed by atoms with van der Waals surface area (Å²) in [6, 6.07) is 7.14. The van der Waals surface area contributed by atoms with Crippen molar-refractivity contribution in [2.24, 2.45) is 0 Å². The second-order valence-electron chi connectivity index (χ2n) is 6.01. The molecule has 1 N–H and O–H groups in total. The van der Waals surface area contributed by atoms with Crippen molar-refractivity contribution < 1.29 is 19.4 Å². The van der Waals surface area contributed by atoms with Crippen molar-refractivity contribution in [3.63, 3.8) is 0 Å². The second-order valence-corrected chi connectivity index (χ2v) is 6.01. The number of amides is 1. The Morgan fingerprint density at radius 1 is 1.23 bits per heavy atom. The Bertz CT molecular complexity index is 572. The predicted octanol–water partition coefficient (Wildman–Crippen LogP) is 2.41. The minimum absolute atomic E-state index is 0.0474. The zero-order chi connectivity index (χ0) is 15.5. The van der Waals surface area contributed by atoms with Gasteiger partial charge in [-0.1, -0.05) is 18.2 Å². The molecule has 5 heteroatoms. The lowest BCUT2D eigenvalue weighted by Crippen LogP contribution is -2.48. The van der Waals surface area contributed by atoms with E-state index in [1.165, 1.54) is 0 Å². The van der Waals surface area contributed by atoms with Gasteiger partial charge in [-0.25, -0.2) is 4.79 Å². The highest BCUT2D eigenvalue weighted by Gasteiger charge is 2.33. The van der Waals surface area contributed by atoms with Gasteiger partial charge in [0.1, 0.15) is 11.8 Å². The number of carbonyl (C=O) groups excluding carboxylic acids is 1. The van der Waals surface area contributed by atoms with E-state index in [0.29, 0.717) is 26.0 Å². The first-order valence-electron chi connectivity index (χ1n) is 7.91. The Kier molecular flexibility index (Phi) is 4.32. The zero-order valence-corrected chi connectivity index (χ0v) is 12.5. The van der Waals surface area contributed by atoms with E-state index in [1.54, 1.807) is 4.90 Å². The summed E-state index contributed by atoms with van der Waals surface area (Å²) >= 11 is 0. The highest BCUT2D eigenvalue weighted by molar-refractivity contribution is 5.84. The highest BCUT2D eigenvalue weighted by atomic mass is 16.5. The summed E-state index contributed by atoms with van der Waals surface area (Å²) in [5.74, 6) is 0.0306. The van der Waals surface area contributed by atoms with Crippen LogP contribution in [-0.4, -0.2) is 41.1 Å². The quantitative estimate of drug-likeness (QED) is 0.931. The smallest absolute Gasteiger partial charge is 0.326 e. The Hall–Kier alpha value is -2.04. The maximum atomic E-state index is 12.6. The molecular formula is C17H21NO4. The maximum Gasteiger partial charge on any atom is 0.326 e. The van der Waals surface area contributed by atoms with Gasteiger partial charge in [-0.2, -0.15) is 0 Å². The van der Waals surface area contributed by atoms with Gasteiger partial charge >= 0.3 is 5.97 Å². The normalized spacial score (nSPS) is 24.3. The van der Waals surface area contributed by atoms with Gasteiger partial charge < -0.3 is 14.7 Å². The molecule has 0 spiro atoms. The van der Waals surface area contributed by atoms with Crippen molar-refractivity contribution in [3.8, 4) is 5.75 Å². The average Bonchev–Trinajstić information content (AvgIpc) is 2.55. The number of para-hydroxylation sites is 1. The first-order valence-corrected chi connectivity index (χ1v) is 7.91. The van der Waals surface area contributed by atoms with Crippen molar-refractivity contribution in [2.75, 3.05) is 13.2 Å². The molecule has 2 aliphatic rings. The molecule has 2 atom stereocenters. The molecule has 2 aliphatic heterocycles. The van der Waals surface area contributed by atoms with E-state index in [-0.39, 0.29) is 11.8 Å². The number of carbonyl (C=O) groups is 2. The largest absolute Gasteiger partial charge is 0.493 e. The van der Waals surface area contributed by atoms with E-state index >= 15 is 0 Å². The van der Waals surface area contributed by atoms with Crippen LogP contribution in [-0.2, 0) is 9.59 Å². The molecule has 0 bridgehead atoms. The Morgan fingerprint density at radius 2 is 2.05 bits per heavy atom.